The second-order valence-electron chi connectivity index (χ2n) is 5.50. The Balaban J connectivity index is 1.63. The Kier molecular flexibility index (Phi) is 4.97. The Morgan fingerprint density at radius 3 is 3.09 bits per heavy atom. The number of ether oxygens (including phenoxy) is 1. The number of aromatic nitrogens is 2. The molecule has 0 saturated carbocycles. The summed E-state index contributed by atoms with van der Waals surface area (Å²) < 4.78 is 7.03. The molecule has 1 saturated heterocycles. The summed E-state index contributed by atoms with van der Waals surface area (Å²) in [6.45, 7) is 1.30. The fraction of sp³-hybridized carbons (Fsp3) is 0.438. The molecule has 6 nitrogen and oxygen atoms in total. The fourth-order valence-electron chi connectivity index (χ4n) is 2.56. The van der Waals surface area contributed by atoms with Crippen molar-refractivity contribution < 1.29 is 9.53 Å². The first-order valence-corrected chi connectivity index (χ1v) is 8.60. The number of thioether (sulfide) groups is 1. The summed E-state index contributed by atoms with van der Waals surface area (Å²) in [7, 11) is 1.72. The Labute approximate surface area is 138 Å². The molecule has 1 aliphatic heterocycles. The van der Waals surface area contributed by atoms with Crippen LogP contribution in [0.15, 0.2) is 34.1 Å². The van der Waals surface area contributed by atoms with Crippen molar-refractivity contribution in [3.8, 4) is 0 Å². The zero-order chi connectivity index (χ0) is 16.2. The summed E-state index contributed by atoms with van der Waals surface area (Å²) in [6, 6.07) is 7.46. The summed E-state index contributed by atoms with van der Waals surface area (Å²) in [5.41, 5.74) is 1.35. The largest absolute Gasteiger partial charge is 0.376 e. The fourth-order valence-corrected chi connectivity index (χ4v) is 3.36. The van der Waals surface area contributed by atoms with Crippen molar-refractivity contribution in [2.24, 2.45) is 7.05 Å². The molecule has 1 atom stereocenters. The number of rotatable bonds is 5. The molecule has 122 valence electrons. The van der Waals surface area contributed by atoms with E-state index in [4.69, 9.17) is 4.74 Å². The van der Waals surface area contributed by atoms with Crippen LogP contribution in [-0.4, -0.2) is 40.5 Å². The van der Waals surface area contributed by atoms with Gasteiger partial charge < -0.3 is 14.6 Å². The molecular formula is C16H19N3O3S. The van der Waals surface area contributed by atoms with Gasteiger partial charge >= 0.3 is 0 Å². The number of nitrogens with zero attached hydrogens (tertiary/aromatic N) is 2. The van der Waals surface area contributed by atoms with Gasteiger partial charge in [-0.1, -0.05) is 23.9 Å². The molecule has 23 heavy (non-hydrogen) atoms. The summed E-state index contributed by atoms with van der Waals surface area (Å²) in [5, 5.41) is 3.19. The molecule has 1 aromatic carbocycles. The molecule has 0 bridgehead atoms. The van der Waals surface area contributed by atoms with Crippen LogP contribution in [0.3, 0.4) is 0 Å². The van der Waals surface area contributed by atoms with Crippen molar-refractivity contribution in [2.75, 3.05) is 18.9 Å². The number of carbonyl (C=O) groups excluding carboxylic acids is 1. The lowest BCUT2D eigenvalue weighted by Gasteiger charge is -2.11. The zero-order valence-corrected chi connectivity index (χ0v) is 13.8. The quantitative estimate of drug-likeness (QED) is 0.836. The lowest BCUT2D eigenvalue weighted by atomic mass is 10.2. The number of aryl methyl sites for hydroxylation is 1. The van der Waals surface area contributed by atoms with E-state index in [1.807, 2.05) is 24.3 Å². The van der Waals surface area contributed by atoms with Crippen molar-refractivity contribution in [2.45, 2.75) is 24.0 Å². The van der Waals surface area contributed by atoms with Gasteiger partial charge in [-0.2, -0.15) is 0 Å². The van der Waals surface area contributed by atoms with Crippen molar-refractivity contribution in [3.05, 3.63) is 34.6 Å². The van der Waals surface area contributed by atoms with Gasteiger partial charge in [0.1, 0.15) is 0 Å². The molecule has 1 aliphatic rings. The number of fused-ring (bicyclic) bond motifs is 1. The van der Waals surface area contributed by atoms with Gasteiger partial charge in [0.2, 0.25) is 5.91 Å². The average Bonchev–Trinajstić information content (AvgIpc) is 3.08. The first-order valence-electron chi connectivity index (χ1n) is 7.62. The standard InChI is InChI=1S/C16H19N3O3S/c1-19-13-7-3-2-6-12(13)18-15(16(19)21)23-10-14(20)17-9-11-5-4-8-22-11/h2-3,6-7,11H,4-5,8-10H2,1H3,(H,17,20)/t11-/m1/s1. The molecule has 1 aromatic heterocycles. The van der Waals surface area contributed by atoms with Crippen LogP contribution in [0, 0.1) is 0 Å². The van der Waals surface area contributed by atoms with Crippen LogP contribution in [0.1, 0.15) is 12.8 Å². The minimum absolute atomic E-state index is 0.109. The predicted octanol–water partition coefficient (Wildman–Crippen LogP) is 1.32. The van der Waals surface area contributed by atoms with Crippen molar-refractivity contribution in [1.29, 1.82) is 0 Å². The highest BCUT2D eigenvalue weighted by molar-refractivity contribution is 7.99. The monoisotopic (exact) mass is 333 g/mol. The topological polar surface area (TPSA) is 73.2 Å². The number of para-hydroxylation sites is 2. The highest BCUT2D eigenvalue weighted by atomic mass is 32.2. The molecule has 0 unspecified atom stereocenters. The molecule has 2 heterocycles. The highest BCUT2D eigenvalue weighted by Crippen LogP contribution is 2.16. The van der Waals surface area contributed by atoms with E-state index in [1.165, 1.54) is 11.8 Å². The maximum absolute atomic E-state index is 12.3. The first-order chi connectivity index (χ1) is 11.1. The number of hydrogen-bond acceptors (Lipinski definition) is 5. The van der Waals surface area contributed by atoms with E-state index in [0.29, 0.717) is 11.6 Å². The van der Waals surface area contributed by atoms with Gasteiger partial charge in [-0.3, -0.25) is 9.59 Å². The van der Waals surface area contributed by atoms with Crippen molar-refractivity contribution in [3.63, 3.8) is 0 Å². The number of nitrogens with one attached hydrogen (secondary N) is 1. The molecule has 0 aliphatic carbocycles. The van der Waals surface area contributed by atoms with Gasteiger partial charge in [0, 0.05) is 20.2 Å². The summed E-state index contributed by atoms with van der Waals surface area (Å²) in [5.74, 6) is 0.0651. The van der Waals surface area contributed by atoms with Gasteiger partial charge in [-0.05, 0) is 25.0 Å². The van der Waals surface area contributed by atoms with Crippen LogP contribution < -0.4 is 10.9 Å². The first kappa shape index (κ1) is 16.0. The van der Waals surface area contributed by atoms with Crippen molar-refractivity contribution in [1.82, 2.24) is 14.9 Å². The summed E-state index contributed by atoms with van der Waals surface area (Å²) in [6.07, 6.45) is 2.16. The van der Waals surface area contributed by atoms with Gasteiger partial charge in [-0.15, -0.1) is 0 Å². The van der Waals surface area contributed by atoms with E-state index < -0.39 is 0 Å². The van der Waals surface area contributed by atoms with Gasteiger partial charge in [-0.25, -0.2) is 4.98 Å². The van der Waals surface area contributed by atoms with Gasteiger partial charge in [0.05, 0.1) is 22.9 Å². The Hall–Kier alpha value is -1.86. The average molecular weight is 333 g/mol. The molecule has 0 spiro atoms. The third kappa shape index (κ3) is 3.73. The SMILES string of the molecule is Cn1c(=O)c(SCC(=O)NC[C@H]2CCCO2)nc2ccccc21. The molecule has 7 heteroatoms. The van der Waals surface area contributed by atoms with Gasteiger partial charge in [0.15, 0.2) is 5.03 Å². The zero-order valence-electron chi connectivity index (χ0n) is 12.9. The Morgan fingerprint density at radius 1 is 1.48 bits per heavy atom. The minimum atomic E-state index is -0.180. The molecule has 3 rings (SSSR count). The minimum Gasteiger partial charge on any atom is -0.376 e. The number of benzene rings is 1. The molecule has 1 amide bonds. The number of hydrogen-bond donors (Lipinski definition) is 1. The van der Waals surface area contributed by atoms with Crippen molar-refractivity contribution >= 4 is 28.7 Å². The van der Waals surface area contributed by atoms with E-state index in [0.717, 1.165) is 30.5 Å². The summed E-state index contributed by atoms with van der Waals surface area (Å²) >= 11 is 1.17. The van der Waals surface area contributed by atoms with Crippen LogP contribution in [0.25, 0.3) is 11.0 Å². The number of amides is 1. The third-order valence-electron chi connectivity index (χ3n) is 3.84. The maximum Gasteiger partial charge on any atom is 0.283 e. The molecular weight excluding hydrogens is 314 g/mol. The highest BCUT2D eigenvalue weighted by Gasteiger charge is 2.17. The molecule has 2 aromatic rings. The number of carbonyl (C=O) groups is 1. The molecule has 0 radical (unpaired) electrons. The third-order valence-corrected chi connectivity index (χ3v) is 4.79. The van der Waals surface area contributed by atoms with Crippen LogP contribution in [0.5, 0.6) is 0 Å². The van der Waals surface area contributed by atoms with Crippen LogP contribution in [0.2, 0.25) is 0 Å². The second-order valence-corrected chi connectivity index (χ2v) is 6.46. The lowest BCUT2D eigenvalue weighted by molar-refractivity contribution is -0.119. The van der Waals surface area contributed by atoms with E-state index in [-0.39, 0.29) is 23.3 Å². The second kappa shape index (κ2) is 7.14. The van der Waals surface area contributed by atoms with Gasteiger partial charge in [0.25, 0.3) is 5.56 Å². The Morgan fingerprint density at radius 2 is 2.30 bits per heavy atom. The predicted molar refractivity (Wildman–Crippen MR) is 89.7 cm³/mol. The molecule has 1 fully saturated rings. The smallest absolute Gasteiger partial charge is 0.283 e. The molecule has 1 N–H and O–H groups in total. The van der Waals surface area contributed by atoms with E-state index in [9.17, 15) is 9.59 Å². The van der Waals surface area contributed by atoms with Crippen LogP contribution in [0.4, 0.5) is 0 Å². The Bertz CT molecular complexity index is 769. The lowest BCUT2D eigenvalue weighted by Crippen LogP contribution is -2.33. The normalized spacial score (nSPS) is 17.5. The van der Waals surface area contributed by atoms with E-state index in [2.05, 4.69) is 10.3 Å². The van der Waals surface area contributed by atoms with Crippen LogP contribution in [-0.2, 0) is 16.6 Å². The van der Waals surface area contributed by atoms with Crippen LogP contribution >= 0.6 is 11.8 Å². The maximum atomic E-state index is 12.3. The van der Waals surface area contributed by atoms with E-state index >= 15 is 0 Å². The summed E-state index contributed by atoms with van der Waals surface area (Å²) in [4.78, 5) is 28.6. The van der Waals surface area contributed by atoms with E-state index in [1.54, 1.807) is 11.6 Å².